The molecular weight excluding hydrogens is 132 g/mol. The number of allylic oxidation sites excluding steroid dienone is 1. The average molecular weight is 142 g/mol. The first-order valence-electron chi connectivity index (χ1n) is 3.24. The highest BCUT2D eigenvalue weighted by molar-refractivity contribution is 5.60. The zero-order valence-electron chi connectivity index (χ0n) is 5.87. The molecule has 0 heterocycles. The molecule has 0 fully saturated rings. The average Bonchev–Trinajstić information content (AvgIpc) is 2.40. The van der Waals surface area contributed by atoms with Crippen LogP contribution in [0.25, 0.3) is 0 Å². The molecule has 0 aliphatic heterocycles. The quantitative estimate of drug-likeness (QED) is 0.411. The maximum Gasteiger partial charge on any atom is 0.508 e. The topological polar surface area (TPSA) is 35.5 Å². The van der Waals surface area contributed by atoms with E-state index < -0.39 is 6.16 Å². The highest BCUT2D eigenvalue weighted by Gasteiger charge is 2.13. The predicted molar refractivity (Wildman–Crippen MR) is 35.7 cm³/mol. The van der Waals surface area contributed by atoms with Crippen molar-refractivity contribution in [2.24, 2.45) is 0 Å². The summed E-state index contributed by atoms with van der Waals surface area (Å²) in [6.45, 7) is 0. The SMILES string of the molecule is COC(=O)OC1C=CCC1. The second-order valence-electron chi connectivity index (χ2n) is 2.12. The summed E-state index contributed by atoms with van der Waals surface area (Å²) in [4.78, 5) is 10.5. The lowest BCUT2D eigenvalue weighted by Gasteiger charge is -2.06. The molecule has 0 amide bonds. The molecule has 10 heavy (non-hydrogen) atoms. The lowest BCUT2D eigenvalue weighted by atomic mass is 10.3. The summed E-state index contributed by atoms with van der Waals surface area (Å²) >= 11 is 0. The Labute approximate surface area is 59.6 Å². The Kier molecular flexibility index (Phi) is 2.31. The summed E-state index contributed by atoms with van der Waals surface area (Å²) in [5.41, 5.74) is 0. The molecule has 1 aliphatic rings. The fraction of sp³-hybridized carbons (Fsp3) is 0.571. The van der Waals surface area contributed by atoms with Crippen LogP contribution in [0.5, 0.6) is 0 Å². The molecule has 0 spiro atoms. The minimum absolute atomic E-state index is 0.0625. The Morgan fingerprint density at radius 1 is 1.70 bits per heavy atom. The van der Waals surface area contributed by atoms with Crippen molar-refractivity contribution in [3.8, 4) is 0 Å². The van der Waals surface area contributed by atoms with Crippen molar-refractivity contribution in [1.82, 2.24) is 0 Å². The monoisotopic (exact) mass is 142 g/mol. The second-order valence-corrected chi connectivity index (χ2v) is 2.12. The number of carbonyl (C=O) groups excluding carboxylic acids is 1. The van der Waals surface area contributed by atoms with E-state index in [4.69, 9.17) is 4.74 Å². The molecule has 0 bridgehead atoms. The van der Waals surface area contributed by atoms with Gasteiger partial charge in [-0.25, -0.2) is 4.79 Å². The van der Waals surface area contributed by atoms with Crippen LogP contribution in [0.15, 0.2) is 12.2 Å². The van der Waals surface area contributed by atoms with Gasteiger partial charge in [-0.3, -0.25) is 0 Å². The lowest BCUT2D eigenvalue weighted by Crippen LogP contribution is -2.13. The summed E-state index contributed by atoms with van der Waals surface area (Å²) in [7, 11) is 1.31. The van der Waals surface area contributed by atoms with Gasteiger partial charge < -0.3 is 9.47 Å². The Balaban J connectivity index is 2.24. The van der Waals surface area contributed by atoms with Crippen molar-refractivity contribution in [3.05, 3.63) is 12.2 Å². The van der Waals surface area contributed by atoms with Gasteiger partial charge in [0, 0.05) is 0 Å². The third kappa shape index (κ3) is 1.76. The number of hydrogen-bond acceptors (Lipinski definition) is 3. The van der Waals surface area contributed by atoms with Gasteiger partial charge in [-0.2, -0.15) is 0 Å². The van der Waals surface area contributed by atoms with E-state index in [1.165, 1.54) is 7.11 Å². The maximum atomic E-state index is 10.5. The number of hydrogen-bond donors (Lipinski definition) is 0. The van der Waals surface area contributed by atoms with Gasteiger partial charge in [-0.1, -0.05) is 6.08 Å². The van der Waals surface area contributed by atoms with Gasteiger partial charge in [0.25, 0.3) is 0 Å². The minimum atomic E-state index is -0.600. The van der Waals surface area contributed by atoms with Gasteiger partial charge in [0.1, 0.15) is 6.10 Å². The summed E-state index contributed by atoms with van der Waals surface area (Å²) in [5.74, 6) is 0. The van der Waals surface area contributed by atoms with E-state index in [9.17, 15) is 4.79 Å². The van der Waals surface area contributed by atoms with Crippen LogP contribution in [0.1, 0.15) is 12.8 Å². The van der Waals surface area contributed by atoms with Gasteiger partial charge in [0.05, 0.1) is 7.11 Å². The zero-order chi connectivity index (χ0) is 7.40. The largest absolute Gasteiger partial charge is 0.508 e. The molecule has 56 valence electrons. The van der Waals surface area contributed by atoms with E-state index in [0.29, 0.717) is 0 Å². The van der Waals surface area contributed by atoms with Crippen molar-refractivity contribution in [2.45, 2.75) is 18.9 Å². The standard InChI is InChI=1S/C7H10O3/c1-9-7(8)10-6-4-2-3-5-6/h2,4,6H,3,5H2,1H3. The first-order chi connectivity index (χ1) is 4.83. The Hall–Kier alpha value is -0.990. The van der Waals surface area contributed by atoms with Gasteiger partial charge in [0.15, 0.2) is 0 Å². The molecule has 0 saturated carbocycles. The number of methoxy groups -OCH3 is 1. The smallest absolute Gasteiger partial charge is 0.438 e. The summed E-state index contributed by atoms with van der Waals surface area (Å²) in [5, 5.41) is 0. The normalized spacial score (nSPS) is 22.7. The van der Waals surface area contributed by atoms with Crippen molar-refractivity contribution in [3.63, 3.8) is 0 Å². The van der Waals surface area contributed by atoms with Gasteiger partial charge in [-0.15, -0.1) is 0 Å². The van der Waals surface area contributed by atoms with Crippen LogP contribution in [-0.4, -0.2) is 19.4 Å². The Bertz CT molecular complexity index is 151. The van der Waals surface area contributed by atoms with Crippen molar-refractivity contribution in [1.29, 1.82) is 0 Å². The van der Waals surface area contributed by atoms with E-state index in [1.54, 1.807) is 0 Å². The molecule has 1 atom stereocenters. The fourth-order valence-electron chi connectivity index (χ4n) is 0.875. The molecule has 1 rings (SSSR count). The Morgan fingerprint density at radius 3 is 3.00 bits per heavy atom. The highest BCUT2D eigenvalue weighted by Crippen LogP contribution is 2.12. The summed E-state index contributed by atoms with van der Waals surface area (Å²) in [6.07, 6.45) is 5.07. The second kappa shape index (κ2) is 3.25. The minimum Gasteiger partial charge on any atom is -0.438 e. The van der Waals surface area contributed by atoms with E-state index in [-0.39, 0.29) is 6.10 Å². The van der Waals surface area contributed by atoms with E-state index in [0.717, 1.165) is 12.8 Å². The zero-order valence-corrected chi connectivity index (χ0v) is 5.87. The molecule has 0 aromatic rings. The molecule has 0 radical (unpaired) electrons. The lowest BCUT2D eigenvalue weighted by molar-refractivity contribution is 0.0526. The maximum absolute atomic E-state index is 10.5. The molecule has 3 nitrogen and oxygen atoms in total. The first kappa shape index (κ1) is 7.12. The highest BCUT2D eigenvalue weighted by atomic mass is 16.7. The van der Waals surface area contributed by atoms with E-state index >= 15 is 0 Å². The third-order valence-electron chi connectivity index (χ3n) is 1.38. The molecule has 0 aromatic carbocycles. The molecule has 0 aromatic heterocycles. The molecule has 3 heteroatoms. The van der Waals surface area contributed by atoms with E-state index in [1.807, 2.05) is 12.2 Å². The van der Waals surface area contributed by atoms with Gasteiger partial charge >= 0.3 is 6.16 Å². The van der Waals surface area contributed by atoms with Crippen molar-refractivity contribution < 1.29 is 14.3 Å². The molecule has 1 unspecified atom stereocenters. The molecule has 1 aliphatic carbocycles. The molecular formula is C7H10O3. The number of ether oxygens (including phenoxy) is 2. The summed E-state index contributed by atoms with van der Waals surface area (Å²) in [6, 6.07) is 0. The molecule has 0 N–H and O–H groups in total. The van der Waals surface area contributed by atoms with Gasteiger partial charge in [0.2, 0.25) is 0 Å². The third-order valence-corrected chi connectivity index (χ3v) is 1.38. The van der Waals surface area contributed by atoms with Crippen LogP contribution in [0.3, 0.4) is 0 Å². The van der Waals surface area contributed by atoms with Crippen LogP contribution in [0.4, 0.5) is 4.79 Å². The fourth-order valence-corrected chi connectivity index (χ4v) is 0.875. The van der Waals surface area contributed by atoms with E-state index in [2.05, 4.69) is 4.74 Å². The molecule has 0 saturated heterocycles. The first-order valence-corrected chi connectivity index (χ1v) is 3.24. The van der Waals surface area contributed by atoms with Crippen LogP contribution >= 0.6 is 0 Å². The van der Waals surface area contributed by atoms with Crippen LogP contribution < -0.4 is 0 Å². The number of rotatable bonds is 1. The Morgan fingerprint density at radius 2 is 2.50 bits per heavy atom. The number of carbonyl (C=O) groups is 1. The predicted octanol–water partition coefficient (Wildman–Crippen LogP) is 1.49. The van der Waals surface area contributed by atoms with Crippen LogP contribution in [0, 0.1) is 0 Å². The van der Waals surface area contributed by atoms with Crippen molar-refractivity contribution >= 4 is 6.16 Å². The summed E-state index contributed by atoms with van der Waals surface area (Å²) < 4.78 is 9.13. The van der Waals surface area contributed by atoms with Gasteiger partial charge in [-0.05, 0) is 18.9 Å². The van der Waals surface area contributed by atoms with Crippen molar-refractivity contribution in [2.75, 3.05) is 7.11 Å². The van der Waals surface area contributed by atoms with Crippen LogP contribution in [-0.2, 0) is 9.47 Å². The van der Waals surface area contributed by atoms with Crippen LogP contribution in [0.2, 0.25) is 0 Å².